The largest absolute Gasteiger partial charge is 0.314 e. The number of nitrogens with zero attached hydrogens (tertiary/aromatic N) is 2. The molecule has 1 N–H and O–H groups in total. The van der Waals surface area contributed by atoms with Crippen LogP contribution >= 0.6 is 0 Å². The number of hydrogen-bond donors (Lipinski definition) is 1. The van der Waals surface area contributed by atoms with Gasteiger partial charge in [0, 0.05) is 18.8 Å². The molecule has 2 rings (SSSR count). The van der Waals surface area contributed by atoms with E-state index < -0.39 is 0 Å². The monoisotopic (exact) mass is 235 g/mol. The fourth-order valence-electron chi connectivity index (χ4n) is 3.30. The van der Waals surface area contributed by atoms with Gasteiger partial charge in [0.2, 0.25) is 0 Å². The standard InChI is InChI=1S/C14H25N3/c1-7-15-12-8-11(14(12,4)5)13-9(2)16-17(6)10(13)3/h11-12,15H,7-8H2,1-6H3. The SMILES string of the molecule is CCNC1CC(c2c(C)nn(C)c2C)C1(C)C. The van der Waals surface area contributed by atoms with E-state index in [2.05, 4.69) is 45.0 Å². The van der Waals surface area contributed by atoms with Gasteiger partial charge in [0.15, 0.2) is 0 Å². The highest BCUT2D eigenvalue weighted by Crippen LogP contribution is 2.53. The van der Waals surface area contributed by atoms with Crippen LogP contribution in [0.15, 0.2) is 0 Å². The van der Waals surface area contributed by atoms with Crippen molar-refractivity contribution in [3.8, 4) is 0 Å². The Bertz CT molecular complexity index is 417. The summed E-state index contributed by atoms with van der Waals surface area (Å²) in [5.41, 5.74) is 4.36. The molecule has 3 heteroatoms. The van der Waals surface area contributed by atoms with Crippen molar-refractivity contribution in [3.63, 3.8) is 0 Å². The van der Waals surface area contributed by atoms with Crippen LogP contribution in [0.3, 0.4) is 0 Å². The van der Waals surface area contributed by atoms with Crippen molar-refractivity contribution < 1.29 is 0 Å². The van der Waals surface area contributed by atoms with Gasteiger partial charge >= 0.3 is 0 Å². The van der Waals surface area contributed by atoms with Gasteiger partial charge in [0.25, 0.3) is 0 Å². The minimum absolute atomic E-state index is 0.342. The number of hydrogen-bond acceptors (Lipinski definition) is 2. The molecule has 0 radical (unpaired) electrons. The molecule has 1 aromatic heterocycles. The topological polar surface area (TPSA) is 29.9 Å². The van der Waals surface area contributed by atoms with Gasteiger partial charge in [0.05, 0.1) is 5.69 Å². The van der Waals surface area contributed by atoms with Gasteiger partial charge in [-0.05, 0) is 43.7 Å². The Balaban J connectivity index is 2.26. The first-order valence-electron chi connectivity index (χ1n) is 6.63. The first kappa shape index (κ1) is 12.6. The highest BCUT2D eigenvalue weighted by Gasteiger charge is 2.49. The summed E-state index contributed by atoms with van der Waals surface area (Å²) in [7, 11) is 2.04. The second kappa shape index (κ2) is 4.13. The molecule has 0 aliphatic heterocycles. The second-order valence-electron chi connectivity index (χ2n) is 5.93. The fraction of sp³-hybridized carbons (Fsp3) is 0.786. The van der Waals surface area contributed by atoms with E-state index in [0.717, 1.165) is 6.54 Å². The molecule has 3 nitrogen and oxygen atoms in total. The summed E-state index contributed by atoms with van der Waals surface area (Å²) in [4.78, 5) is 0. The van der Waals surface area contributed by atoms with Gasteiger partial charge in [-0.15, -0.1) is 0 Å². The molecule has 0 aromatic carbocycles. The number of rotatable bonds is 3. The molecule has 17 heavy (non-hydrogen) atoms. The molecular weight excluding hydrogens is 210 g/mol. The summed E-state index contributed by atoms with van der Waals surface area (Å²) in [6.07, 6.45) is 1.24. The van der Waals surface area contributed by atoms with Crippen molar-refractivity contribution >= 4 is 0 Å². The van der Waals surface area contributed by atoms with Crippen LogP contribution in [0.2, 0.25) is 0 Å². The second-order valence-corrected chi connectivity index (χ2v) is 5.93. The van der Waals surface area contributed by atoms with Crippen molar-refractivity contribution in [2.45, 2.75) is 53.0 Å². The Labute approximate surface area is 105 Å². The highest BCUT2D eigenvalue weighted by atomic mass is 15.3. The zero-order valence-electron chi connectivity index (χ0n) is 12.0. The van der Waals surface area contributed by atoms with Crippen LogP contribution in [0, 0.1) is 19.3 Å². The molecule has 96 valence electrons. The molecule has 0 spiro atoms. The maximum absolute atomic E-state index is 4.55. The molecule has 1 aromatic rings. The molecule has 1 aliphatic carbocycles. The zero-order chi connectivity index (χ0) is 12.8. The van der Waals surface area contributed by atoms with Gasteiger partial charge in [-0.2, -0.15) is 5.10 Å². The van der Waals surface area contributed by atoms with Crippen molar-refractivity contribution in [2.24, 2.45) is 12.5 Å². The lowest BCUT2D eigenvalue weighted by molar-refractivity contribution is 0.0698. The quantitative estimate of drug-likeness (QED) is 0.872. The molecule has 0 saturated heterocycles. The molecular formula is C14H25N3. The number of aromatic nitrogens is 2. The molecule has 1 saturated carbocycles. The van der Waals surface area contributed by atoms with E-state index in [1.807, 2.05) is 11.7 Å². The zero-order valence-corrected chi connectivity index (χ0v) is 12.0. The van der Waals surface area contributed by atoms with E-state index in [4.69, 9.17) is 0 Å². The van der Waals surface area contributed by atoms with Crippen molar-refractivity contribution in [1.82, 2.24) is 15.1 Å². The Morgan fingerprint density at radius 2 is 2.06 bits per heavy atom. The van der Waals surface area contributed by atoms with Crippen LogP contribution in [-0.4, -0.2) is 22.4 Å². The lowest BCUT2D eigenvalue weighted by Gasteiger charge is -2.53. The van der Waals surface area contributed by atoms with Gasteiger partial charge in [0.1, 0.15) is 0 Å². The average molecular weight is 235 g/mol. The maximum atomic E-state index is 4.55. The van der Waals surface area contributed by atoms with E-state index >= 15 is 0 Å². The van der Waals surface area contributed by atoms with Crippen molar-refractivity contribution in [1.29, 1.82) is 0 Å². The Hall–Kier alpha value is -0.830. The molecule has 0 amide bonds. The molecule has 2 unspecified atom stereocenters. The summed E-state index contributed by atoms with van der Waals surface area (Å²) in [5, 5.41) is 8.14. The summed E-state index contributed by atoms with van der Waals surface area (Å²) in [6.45, 7) is 12.3. The fourth-order valence-corrected chi connectivity index (χ4v) is 3.30. The average Bonchev–Trinajstić information content (AvgIpc) is 2.49. The van der Waals surface area contributed by atoms with Crippen LogP contribution in [-0.2, 0) is 7.05 Å². The van der Waals surface area contributed by atoms with Gasteiger partial charge < -0.3 is 5.32 Å². The molecule has 0 bridgehead atoms. The Morgan fingerprint density at radius 1 is 1.41 bits per heavy atom. The minimum Gasteiger partial charge on any atom is -0.314 e. The smallest absolute Gasteiger partial charge is 0.0631 e. The predicted octanol–water partition coefficient (Wildman–Crippen LogP) is 2.53. The third-order valence-corrected chi connectivity index (χ3v) is 4.63. The van der Waals surface area contributed by atoms with E-state index in [1.54, 1.807) is 0 Å². The van der Waals surface area contributed by atoms with Crippen LogP contribution in [0.4, 0.5) is 0 Å². The lowest BCUT2D eigenvalue weighted by atomic mass is 9.56. The van der Waals surface area contributed by atoms with Gasteiger partial charge in [-0.1, -0.05) is 20.8 Å². The molecule has 1 aliphatic rings. The Kier molecular flexibility index (Phi) is 3.06. The highest BCUT2D eigenvalue weighted by molar-refractivity contribution is 5.34. The third kappa shape index (κ3) is 1.81. The summed E-state index contributed by atoms with van der Waals surface area (Å²) in [6, 6.07) is 0.650. The van der Waals surface area contributed by atoms with E-state index in [1.165, 1.54) is 23.4 Å². The Morgan fingerprint density at radius 3 is 2.47 bits per heavy atom. The molecule has 2 atom stereocenters. The van der Waals surface area contributed by atoms with Gasteiger partial charge in [-0.25, -0.2) is 0 Å². The van der Waals surface area contributed by atoms with Crippen LogP contribution in [0.1, 0.15) is 50.1 Å². The third-order valence-electron chi connectivity index (χ3n) is 4.63. The summed E-state index contributed by atoms with van der Waals surface area (Å²) < 4.78 is 2.02. The van der Waals surface area contributed by atoms with Crippen molar-refractivity contribution in [3.05, 3.63) is 17.0 Å². The predicted molar refractivity (Wildman–Crippen MR) is 71.3 cm³/mol. The van der Waals surface area contributed by atoms with Crippen LogP contribution in [0.5, 0.6) is 0 Å². The van der Waals surface area contributed by atoms with Crippen LogP contribution < -0.4 is 5.32 Å². The van der Waals surface area contributed by atoms with E-state index in [9.17, 15) is 0 Å². The number of nitrogens with one attached hydrogen (secondary N) is 1. The molecule has 1 heterocycles. The summed E-state index contributed by atoms with van der Waals surface area (Å²) in [5.74, 6) is 0.653. The first-order chi connectivity index (χ1) is 7.89. The first-order valence-corrected chi connectivity index (χ1v) is 6.63. The lowest BCUT2D eigenvalue weighted by Crippen LogP contribution is -2.55. The van der Waals surface area contributed by atoms with Gasteiger partial charge in [-0.3, -0.25) is 4.68 Å². The number of aryl methyl sites for hydroxylation is 2. The minimum atomic E-state index is 0.342. The molecule has 1 fully saturated rings. The normalized spacial score (nSPS) is 26.9. The maximum Gasteiger partial charge on any atom is 0.0631 e. The summed E-state index contributed by atoms with van der Waals surface area (Å²) >= 11 is 0. The van der Waals surface area contributed by atoms with Crippen molar-refractivity contribution in [2.75, 3.05) is 6.54 Å². The van der Waals surface area contributed by atoms with Crippen LogP contribution in [0.25, 0.3) is 0 Å². The van der Waals surface area contributed by atoms with E-state index in [-0.39, 0.29) is 0 Å². The van der Waals surface area contributed by atoms with E-state index in [0.29, 0.717) is 17.4 Å².